The number of amides is 1. The van der Waals surface area contributed by atoms with Gasteiger partial charge in [0.25, 0.3) is 5.91 Å². The average molecular weight is 152 g/mol. The number of anilines is 1. The van der Waals surface area contributed by atoms with Crippen molar-refractivity contribution < 1.29 is 4.79 Å². The van der Waals surface area contributed by atoms with Gasteiger partial charge in [-0.05, 0) is 0 Å². The molecule has 0 fully saturated rings. The van der Waals surface area contributed by atoms with E-state index in [0.717, 1.165) is 0 Å². The Hall–Kier alpha value is -1.65. The molecule has 11 heavy (non-hydrogen) atoms. The smallest absolute Gasteiger partial charge is 0.288 e. The minimum Gasteiger partial charge on any atom is -0.396 e. The topological polar surface area (TPSA) is 80.9 Å². The first-order valence-electron chi connectivity index (χ1n) is 3.03. The quantitative estimate of drug-likeness (QED) is 0.564. The number of rotatable bonds is 1. The third-order valence-corrected chi connectivity index (χ3v) is 1.10. The maximum absolute atomic E-state index is 10.8. The highest BCUT2D eigenvalue weighted by atomic mass is 16.2. The first-order valence-corrected chi connectivity index (χ1v) is 3.03. The Morgan fingerprint density at radius 2 is 2.09 bits per heavy atom. The molecule has 5 heteroatoms. The van der Waals surface area contributed by atoms with E-state index in [1.54, 1.807) is 0 Å². The fourth-order valence-electron chi connectivity index (χ4n) is 0.567. The standard InChI is InChI=1S/C6H8N4O/c1-8-6(11)5-9-2-4(7)3-10-5/h2-3H,7H2,1H3,(H,8,11). The van der Waals surface area contributed by atoms with Crippen molar-refractivity contribution in [3.05, 3.63) is 18.2 Å². The van der Waals surface area contributed by atoms with E-state index in [4.69, 9.17) is 5.73 Å². The number of nitrogen functional groups attached to an aromatic ring is 1. The number of carbonyl (C=O) groups excluding carboxylic acids is 1. The molecule has 0 atom stereocenters. The maximum atomic E-state index is 10.8. The Kier molecular flexibility index (Phi) is 2.00. The molecule has 3 N–H and O–H groups in total. The predicted molar refractivity (Wildman–Crippen MR) is 39.8 cm³/mol. The van der Waals surface area contributed by atoms with Crippen LogP contribution in [0.5, 0.6) is 0 Å². The van der Waals surface area contributed by atoms with Crippen LogP contribution in [0.3, 0.4) is 0 Å². The molecule has 1 heterocycles. The summed E-state index contributed by atoms with van der Waals surface area (Å²) < 4.78 is 0. The van der Waals surface area contributed by atoms with Crippen LogP contribution < -0.4 is 11.1 Å². The van der Waals surface area contributed by atoms with E-state index in [-0.39, 0.29) is 11.7 Å². The highest BCUT2D eigenvalue weighted by Gasteiger charge is 2.03. The molecular formula is C6H8N4O. The highest BCUT2D eigenvalue weighted by molar-refractivity contribution is 5.90. The first kappa shape index (κ1) is 7.46. The van der Waals surface area contributed by atoms with Crippen molar-refractivity contribution in [3.8, 4) is 0 Å². The van der Waals surface area contributed by atoms with Crippen LogP contribution in [0.25, 0.3) is 0 Å². The van der Waals surface area contributed by atoms with Gasteiger partial charge in [-0.1, -0.05) is 0 Å². The molecule has 58 valence electrons. The predicted octanol–water partition coefficient (Wildman–Crippen LogP) is -0.582. The van der Waals surface area contributed by atoms with E-state index in [1.165, 1.54) is 19.4 Å². The summed E-state index contributed by atoms with van der Waals surface area (Å²) in [4.78, 5) is 18.2. The third-order valence-electron chi connectivity index (χ3n) is 1.10. The lowest BCUT2D eigenvalue weighted by molar-refractivity contribution is 0.0953. The third kappa shape index (κ3) is 1.64. The zero-order valence-electron chi connectivity index (χ0n) is 6.03. The molecule has 0 unspecified atom stereocenters. The van der Waals surface area contributed by atoms with Crippen LogP contribution in [0.2, 0.25) is 0 Å². The molecule has 0 bridgehead atoms. The number of nitrogens with two attached hydrogens (primary N) is 1. The number of hydrogen-bond donors (Lipinski definition) is 2. The van der Waals surface area contributed by atoms with E-state index in [0.29, 0.717) is 5.69 Å². The Morgan fingerprint density at radius 1 is 1.55 bits per heavy atom. The zero-order valence-corrected chi connectivity index (χ0v) is 6.03. The molecule has 1 amide bonds. The number of nitrogens with one attached hydrogen (secondary N) is 1. The van der Waals surface area contributed by atoms with Gasteiger partial charge in [0.2, 0.25) is 5.82 Å². The molecular weight excluding hydrogens is 144 g/mol. The fourth-order valence-corrected chi connectivity index (χ4v) is 0.567. The molecule has 0 aromatic carbocycles. The molecule has 0 aliphatic heterocycles. The number of hydrogen-bond acceptors (Lipinski definition) is 4. The van der Waals surface area contributed by atoms with E-state index < -0.39 is 0 Å². The van der Waals surface area contributed by atoms with Gasteiger partial charge in [0.15, 0.2) is 0 Å². The monoisotopic (exact) mass is 152 g/mol. The Balaban J connectivity index is 2.90. The zero-order chi connectivity index (χ0) is 8.27. The van der Waals surface area contributed by atoms with Gasteiger partial charge in [0, 0.05) is 7.05 Å². The molecule has 0 radical (unpaired) electrons. The van der Waals surface area contributed by atoms with E-state index in [1.807, 2.05) is 0 Å². The van der Waals surface area contributed by atoms with Gasteiger partial charge in [-0.2, -0.15) is 0 Å². The van der Waals surface area contributed by atoms with E-state index >= 15 is 0 Å². The second-order valence-electron chi connectivity index (χ2n) is 1.92. The van der Waals surface area contributed by atoms with Gasteiger partial charge in [-0.15, -0.1) is 0 Å². The SMILES string of the molecule is CNC(=O)c1ncc(N)cn1. The molecule has 0 saturated carbocycles. The van der Waals surface area contributed by atoms with Crippen LogP contribution in [0, 0.1) is 0 Å². The number of nitrogens with zero attached hydrogens (tertiary/aromatic N) is 2. The lowest BCUT2D eigenvalue weighted by atomic mass is 10.5. The van der Waals surface area contributed by atoms with E-state index in [9.17, 15) is 4.79 Å². The van der Waals surface area contributed by atoms with Crippen LogP contribution in [-0.2, 0) is 0 Å². The largest absolute Gasteiger partial charge is 0.396 e. The fraction of sp³-hybridized carbons (Fsp3) is 0.167. The molecule has 1 aromatic rings. The lowest BCUT2D eigenvalue weighted by Gasteiger charge is -1.96. The van der Waals surface area contributed by atoms with Gasteiger partial charge in [0.1, 0.15) is 0 Å². The molecule has 1 aromatic heterocycles. The van der Waals surface area contributed by atoms with Gasteiger partial charge in [0.05, 0.1) is 18.1 Å². The minimum atomic E-state index is -0.315. The van der Waals surface area contributed by atoms with Gasteiger partial charge >= 0.3 is 0 Å². The summed E-state index contributed by atoms with van der Waals surface area (Å²) in [5, 5.41) is 2.40. The van der Waals surface area contributed by atoms with Crippen molar-refractivity contribution >= 4 is 11.6 Å². The molecule has 1 rings (SSSR count). The molecule has 0 aliphatic rings. The van der Waals surface area contributed by atoms with Crippen molar-refractivity contribution in [2.45, 2.75) is 0 Å². The molecule has 5 nitrogen and oxygen atoms in total. The van der Waals surface area contributed by atoms with Gasteiger partial charge < -0.3 is 11.1 Å². The number of aromatic nitrogens is 2. The summed E-state index contributed by atoms with van der Waals surface area (Å²) in [6, 6.07) is 0. The van der Waals surface area contributed by atoms with Crippen molar-refractivity contribution in [2.24, 2.45) is 0 Å². The average Bonchev–Trinajstić information content (AvgIpc) is 2.05. The van der Waals surface area contributed by atoms with Crippen LogP contribution in [0.1, 0.15) is 10.6 Å². The van der Waals surface area contributed by atoms with Crippen LogP contribution in [0.4, 0.5) is 5.69 Å². The van der Waals surface area contributed by atoms with Crippen molar-refractivity contribution in [3.63, 3.8) is 0 Å². The van der Waals surface area contributed by atoms with Crippen LogP contribution in [-0.4, -0.2) is 22.9 Å². The van der Waals surface area contributed by atoms with Crippen LogP contribution >= 0.6 is 0 Å². The van der Waals surface area contributed by atoms with Gasteiger partial charge in [-0.25, -0.2) is 9.97 Å². The second kappa shape index (κ2) is 2.96. The maximum Gasteiger partial charge on any atom is 0.288 e. The number of carbonyl (C=O) groups is 1. The Labute approximate surface area is 63.7 Å². The lowest BCUT2D eigenvalue weighted by Crippen LogP contribution is -2.20. The Morgan fingerprint density at radius 3 is 2.55 bits per heavy atom. The highest BCUT2D eigenvalue weighted by Crippen LogP contribution is 1.95. The normalized spacial score (nSPS) is 9.18. The molecule has 0 saturated heterocycles. The minimum absolute atomic E-state index is 0.127. The summed E-state index contributed by atoms with van der Waals surface area (Å²) in [5.74, 6) is -0.188. The first-order chi connectivity index (χ1) is 5.24. The summed E-state index contributed by atoms with van der Waals surface area (Å²) in [6.07, 6.45) is 2.77. The summed E-state index contributed by atoms with van der Waals surface area (Å²) in [5.41, 5.74) is 5.75. The van der Waals surface area contributed by atoms with Crippen LogP contribution in [0.15, 0.2) is 12.4 Å². The summed E-state index contributed by atoms with van der Waals surface area (Å²) >= 11 is 0. The summed E-state index contributed by atoms with van der Waals surface area (Å²) in [7, 11) is 1.52. The molecule has 0 aliphatic carbocycles. The van der Waals surface area contributed by atoms with Crippen molar-refractivity contribution in [1.82, 2.24) is 15.3 Å². The van der Waals surface area contributed by atoms with E-state index in [2.05, 4.69) is 15.3 Å². The van der Waals surface area contributed by atoms with Gasteiger partial charge in [-0.3, -0.25) is 4.79 Å². The van der Waals surface area contributed by atoms with Crippen molar-refractivity contribution in [1.29, 1.82) is 0 Å². The second-order valence-corrected chi connectivity index (χ2v) is 1.92. The summed E-state index contributed by atoms with van der Waals surface area (Å²) in [6.45, 7) is 0. The molecule has 0 spiro atoms. The Bertz CT molecular complexity index is 256. The van der Waals surface area contributed by atoms with Crippen molar-refractivity contribution in [2.75, 3.05) is 12.8 Å².